The molecule has 0 aliphatic rings. The zero-order chi connectivity index (χ0) is 16.7. The van der Waals surface area contributed by atoms with Crippen LogP contribution in [0.15, 0.2) is 64.7 Å². The predicted octanol–water partition coefficient (Wildman–Crippen LogP) is -1.01. The molecule has 0 fully saturated rings. The molecule has 8 nitrogen and oxygen atoms in total. The molecule has 0 saturated carbocycles. The van der Waals surface area contributed by atoms with Crippen molar-refractivity contribution in [2.24, 2.45) is 0 Å². The van der Waals surface area contributed by atoms with Crippen molar-refractivity contribution in [3.8, 4) is 11.1 Å². The summed E-state index contributed by atoms with van der Waals surface area (Å²) in [6.45, 7) is 0. The van der Waals surface area contributed by atoms with E-state index in [9.17, 15) is 19.5 Å². The number of nitrogens with one attached hydrogen (secondary N) is 3. The Morgan fingerprint density at radius 3 is 2.17 bits per heavy atom. The highest BCUT2D eigenvalue weighted by molar-refractivity contribution is 5.82. The van der Waals surface area contributed by atoms with Gasteiger partial charge in [-0.2, -0.15) is 0 Å². The van der Waals surface area contributed by atoms with E-state index >= 15 is 0 Å². The average Bonchev–Trinajstić information content (AvgIpc) is 2.56. The monoisotopic (exact) mass is 312 g/mol. The van der Waals surface area contributed by atoms with Gasteiger partial charge in [-0.05, 0) is 23.3 Å². The van der Waals surface area contributed by atoms with Gasteiger partial charge in [0, 0.05) is 30.6 Å². The largest absolute Gasteiger partial charge is 0.543 e. The van der Waals surface area contributed by atoms with E-state index < -0.39 is 22.9 Å². The van der Waals surface area contributed by atoms with Gasteiger partial charge in [0.15, 0.2) is 12.4 Å². The van der Waals surface area contributed by atoms with Crippen molar-refractivity contribution in [2.75, 3.05) is 0 Å². The number of hydrogen-bond donors (Lipinski definition) is 2. The van der Waals surface area contributed by atoms with Crippen LogP contribution in [0.4, 0.5) is 0 Å². The lowest BCUT2D eigenvalue weighted by Crippen LogP contribution is -2.31. The molecule has 0 unspecified atom stereocenters. The number of carbonyl (C=O) groups is 1. The first-order valence-electron chi connectivity index (χ1n) is 6.48. The molecule has 0 atom stereocenters. The highest BCUT2D eigenvalue weighted by Crippen LogP contribution is 2.14. The normalized spacial score (nSPS) is 9.57. The number of aromatic carboxylic acids is 1. The SMILES string of the molecule is O=C([O-])c1cc(=O)[nH]c(=O)[nH]1.c1cc(-c2cc[nH+]cc2)ccn1. The number of nitrogens with zero attached hydrogens (tertiary/aromatic N) is 1. The lowest BCUT2D eigenvalue weighted by Gasteiger charge is -1.97. The molecule has 3 N–H and O–H groups in total. The Labute approximate surface area is 129 Å². The van der Waals surface area contributed by atoms with Gasteiger partial charge >= 0.3 is 5.69 Å². The summed E-state index contributed by atoms with van der Waals surface area (Å²) in [6, 6.07) is 8.80. The highest BCUT2D eigenvalue weighted by Gasteiger charge is 1.95. The molecule has 3 aromatic heterocycles. The minimum Gasteiger partial charge on any atom is -0.543 e. The number of pyridine rings is 2. The lowest BCUT2D eigenvalue weighted by atomic mass is 10.1. The second-order valence-electron chi connectivity index (χ2n) is 4.31. The van der Waals surface area contributed by atoms with E-state index in [1.165, 1.54) is 11.1 Å². The molecule has 0 radical (unpaired) electrons. The van der Waals surface area contributed by atoms with Crippen LogP contribution in [0, 0.1) is 0 Å². The van der Waals surface area contributed by atoms with Crippen molar-refractivity contribution in [1.29, 1.82) is 0 Å². The molecule has 0 aliphatic carbocycles. The number of hydrogen-bond acceptors (Lipinski definition) is 5. The van der Waals surface area contributed by atoms with Gasteiger partial charge in [0.05, 0.1) is 11.7 Å². The van der Waals surface area contributed by atoms with E-state index in [0.717, 1.165) is 6.07 Å². The molecular formula is C15H12N4O4. The maximum absolute atomic E-state index is 10.4. The average molecular weight is 312 g/mol. The first kappa shape index (κ1) is 15.8. The van der Waals surface area contributed by atoms with Crippen molar-refractivity contribution >= 4 is 5.97 Å². The zero-order valence-corrected chi connectivity index (χ0v) is 11.8. The van der Waals surface area contributed by atoms with Crippen molar-refractivity contribution in [3.63, 3.8) is 0 Å². The maximum atomic E-state index is 10.4. The molecule has 23 heavy (non-hydrogen) atoms. The fourth-order valence-corrected chi connectivity index (χ4v) is 1.70. The quantitative estimate of drug-likeness (QED) is 0.625. The minimum atomic E-state index is -1.59. The molecule has 116 valence electrons. The zero-order valence-electron chi connectivity index (χ0n) is 11.8. The number of carboxylic acid groups (broad SMARTS) is 1. The van der Waals surface area contributed by atoms with Crippen LogP contribution in [0.3, 0.4) is 0 Å². The molecule has 0 saturated heterocycles. The van der Waals surface area contributed by atoms with Crippen LogP contribution in [0.1, 0.15) is 10.5 Å². The van der Waals surface area contributed by atoms with E-state index in [4.69, 9.17) is 0 Å². The molecule has 0 aliphatic heterocycles. The van der Waals surface area contributed by atoms with E-state index in [1.807, 2.05) is 46.6 Å². The molecule has 3 aromatic rings. The Kier molecular flexibility index (Phi) is 5.13. The third-order valence-corrected chi connectivity index (χ3v) is 2.71. The highest BCUT2D eigenvalue weighted by atomic mass is 16.4. The van der Waals surface area contributed by atoms with E-state index in [1.54, 1.807) is 12.4 Å². The maximum Gasteiger partial charge on any atom is 0.326 e. The van der Waals surface area contributed by atoms with Crippen LogP contribution >= 0.6 is 0 Å². The lowest BCUT2D eigenvalue weighted by molar-refractivity contribution is -0.377. The number of aromatic nitrogens is 4. The van der Waals surface area contributed by atoms with Crippen LogP contribution in [-0.2, 0) is 0 Å². The number of H-pyrrole nitrogens is 3. The first-order valence-corrected chi connectivity index (χ1v) is 6.48. The van der Waals surface area contributed by atoms with Crippen molar-refractivity contribution in [2.45, 2.75) is 0 Å². The molecule has 3 rings (SSSR count). The van der Waals surface area contributed by atoms with Crippen LogP contribution < -0.4 is 21.3 Å². The van der Waals surface area contributed by atoms with Gasteiger partial charge in [0.1, 0.15) is 0 Å². The second-order valence-corrected chi connectivity index (χ2v) is 4.31. The fourth-order valence-electron chi connectivity index (χ4n) is 1.70. The summed E-state index contributed by atoms with van der Waals surface area (Å²) in [7, 11) is 0. The van der Waals surface area contributed by atoms with Gasteiger partial charge < -0.3 is 14.9 Å². The predicted molar refractivity (Wildman–Crippen MR) is 78.2 cm³/mol. The minimum absolute atomic E-state index is 0.529. The summed E-state index contributed by atoms with van der Waals surface area (Å²) in [5.74, 6) is -1.59. The van der Waals surface area contributed by atoms with Gasteiger partial charge in [-0.25, -0.2) is 9.78 Å². The van der Waals surface area contributed by atoms with Gasteiger partial charge in [0.25, 0.3) is 5.56 Å². The third-order valence-electron chi connectivity index (χ3n) is 2.71. The van der Waals surface area contributed by atoms with E-state index in [0.29, 0.717) is 0 Å². The second kappa shape index (κ2) is 7.46. The van der Waals surface area contributed by atoms with Gasteiger partial charge in [0.2, 0.25) is 0 Å². The number of rotatable bonds is 2. The van der Waals surface area contributed by atoms with Crippen LogP contribution in [0.5, 0.6) is 0 Å². The summed E-state index contributed by atoms with van der Waals surface area (Å²) in [5, 5.41) is 10.1. The van der Waals surface area contributed by atoms with E-state index in [2.05, 4.69) is 9.97 Å². The molecule has 0 spiro atoms. The Balaban J connectivity index is 0.000000168. The van der Waals surface area contributed by atoms with E-state index in [-0.39, 0.29) is 0 Å². The first-order chi connectivity index (χ1) is 11.1. The summed E-state index contributed by atoms with van der Waals surface area (Å²) >= 11 is 0. The topological polar surface area (TPSA) is 133 Å². The van der Waals surface area contributed by atoms with Crippen molar-refractivity contribution < 1.29 is 14.9 Å². The Morgan fingerprint density at radius 1 is 1.00 bits per heavy atom. The molecule has 8 heteroatoms. The molecule has 0 amide bonds. The Bertz CT molecular complexity index is 823. The number of carbonyl (C=O) groups excluding carboxylic acids is 1. The fraction of sp³-hybridized carbons (Fsp3) is 0. The Morgan fingerprint density at radius 2 is 1.61 bits per heavy atom. The molecule has 0 aromatic carbocycles. The molecule has 3 heterocycles. The summed E-state index contributed by atoms with van der Waals surface area (Å²) in [4.78, 5) is 41.6. The molecular weight excluding hydrogens is 300 g/mol. The summed E-state index contributed by atoms with van der Waals surface area (Å²) < 4.78 is 0. The van der Waals surface area contributed by atoms with Gasteiger partial charge in [-0.15, -0.1) is 0 Å². The smallest absolute Gasteiger partial charge is 0.326 e. The van der Waals surface area contributed by atoms with Gasteiger partial charge in [-0.3, -0.25) is 14.8 Å². The third kappa shape index (κ3) is 4.74. The standard InChI is InChI=1S/C10H8N2.C5H4N2O4/c1-5-11-6-2-9(1)10-3-7-12-8-4-10;8-3-1-2(4(9)10)6-5(11)7-3/h1-8H;1H,(H,9,10)(H2,6,7,8,11). The van der Waals surface area contributed by atoms with Crippen molar-refractivity contribution in [1.82, 2.24) is 15.0 Å². The van der Waals surface area contributed by atoms with Crippen LogP contribution in [0.2, 0.25) is 0 Å². The number of aromatic amines is 3. The van der Waals surface area contributed by atoms with Gasteiger partial charge in [-0.1, -0.05) is 0 Å². The summed E-state index contributed by atoms with van der Waals surface area (Å²) in [6.07, 6.45) is 7.42. The molecule has 0 bridgehead atoms. The summed E-state index contributed by atoms with van der Waals surface area (Å²) in [5.41, 5.74) is 0.235. The van der Waals surface area contributed by atoms with Crippen molar-refractivity contribution in [3.05, 3.63) is 81.7 Å². The van der Waals surface area contributed by atoms with Crippen LogP contribution in [0.25, 0.3) is 11.1 Å². The Hall–Kier alpha value is -3.55. The number of carboxylic acids is 1. The van der Waals surface area contributed by atoms with Crippen LogP contribution in [-0.4, -0.2) is 20.9 Å².